The molecule has 0 aromatic heterocycles. The van der Waals surface area contributed by atoms with Crippen LogP contribution in [-0.4, -0.2) is 5.87 Å². The van der Waals surface area contributed by atoms with Crippen LogP contribution in [0.15, 0.2) is 30.3 Å². The predicted octanol–water partition coefficient (Wildman–Crippen LogP) is 0.997. The van der Waals surface area contributed by atoms with Gasteiger partial charge in [-0.15, -0.1) is 0 Å². The van der Waals surface area contributed by atoms with Gasteiger partial charge in [0.1, 0.15) is 12.2 Å². The van der Waals surface area contributed by atoms with E-state index in [2.05, 4.69) is 18.1 Å². The molecule has 0 aliphatic carbocycles. The van der Waals surface area contributed by atoms with Crippen molar-refractivity contribution in [2.24, 2.45) is 0 Å². The SMILES string of the molecule is C=[SH+].N#[O+].[Re].c1cc[cH-]c1. The van der Waals surface area contributed by atoms with Crippen LogP contribution in [0.25, 0.3) is 0 Å². The predicted molar refractivity (Wildman–Crippen MR) is 40.3 cm³/mol. The average molecular weight is 328 g/mol. The van der Waals surface area contributed by atoms with Gasteiger partial charge in [0.15, 0.2) is 5.87 Å². The molecule has 2 nitrogen and oxygen atoms in total. The van der Waals surface area contributed by atoms with Gasteiger partial charge in [0.2, 0.25) is 0 Å². The molecule has 0 saturated carbocycles. The zero-order valence-corrected chi connectivity index (χ0v) is 8.88. The molecule has 0 aliphatic rings. The van der Waals surface area contributed by atoms with Crippen LogP contribution in [-0.2, 0) is 37.4 Å². The summed E-state index contributed by atoms with van der Waals surface area (Å²) in [6, 6.07) is 10.0. The summed E-state index contributed by atoms with van der Waals surface area (Å²) in [5.74, 6) is 2.94. The van der Waals surface area contributed by atoms with Crippen LogP contribution in [0, 0.1) is 5.46 Å². The standard InChI is InChI=1S/C5H5.CH2S.NO.Re/c1-2-4-5-3-1;2*1-2;/h1-5H;1H2;;/q-1;;+1;/p+1. The van der Waals surface area contributed by atoms with Crippen LogP contribution < -0.4 is 0 Å². The van der Waals surface area contributed by atoms with Crippen molar-refractivity contribution in [3.05, 3.63) is 30.3 Å². The molecule has 0 heterocycles. The average Bonchev–Trinajstić information content (AvgIpc) is 2.51. The normalized spacial score (nSPS) is 4.60. The summed E-state index contributed by atoms with van der Waals surface area (Å²) in [5, 5.41) is 0. The molecule has 0 fully saturated rings. The number of thiol groups is 1. The first-order valence-electron chi connectivity index (χ1n) is 2.17. The fourth-order valence-electron chi connectivity index (χ4n) is 0.321. The third-order valence-corrected chi connectivity index (χ3v) is 0.556. The number of rotatable bonds is 0. The first-order chi connectivity index (χ1) is 4.50. The summed E-state index contributed by atoms with van der Waals surface area (Å²) in [4.78, 5) is 0. The van der Waals surface area contributed by atoms with E-state index in [0.29, 0.717) is 0 Å². The minimum absolute atomic E-state index is 0. The number of nitrogens with zero attached hydrogens (tertiary/aromatic N) is 1. The molecule has 0 amide bonds. The van der Waals surface area contributed by atoms with Crippen LogP contribution in [0.1, 0.15) is 0 Å². The largest absolute Gasteiger partial charge is 0.214 e. The first-order valence-corrected chi connectivity index (χ1v) is 2.80. The Bertz CT molecular complexity index is 112. The van der Waals surface area contributed by atoms with E-state index >= 15 is 0 Å². The summed E-state index contributed by atoms with van der Waals surface area (Å²) in [6.07, 6.45) is 0. The second-order valence-electron chi connectivity index (χ2n) is 0.962. The van der Waals surface area contributed by atoms with E-state index in [0.717, 1.165) is 0 Å². The van der Waals surface area contributed by atoms with E-state index in [9.17, 15) is 0 Å². The fraction of sp³-hybridized carbons (Fsp3) is 0. The van der Waals surface area contributed by atoms with Crippen molar-refractivity contribution in [3.8, 4) is 0 Å². The van der Waals surface area contributed by atoms with Gasteiger partial charge in [0.05, 0.1) is 0 Å². The minimum atomic E-state index is 0. The van der Waals surface area contributed by atoms with Crippen LogP contribution in [0.3, 0.4) is 0 Å². The van der Waals surface area contributed by atoms with Crippen LogP contribution >= 0.6 is 0 Å². The van der Waals surface area contributed by atoms with Gasteiger partial charge < -0.3 is 0 Å². The third-order valence-electron chi connectivity index (χ3n) is 0.556. The maximum atomic E-state index is 7.25. The molecule has 0 spiro atoms. The van der Waals surface area contributed by atoms with Gasteiger partial charge in [-0.2, -0.15) is 18.2 Å². The van der Waals surface area contributed by atoms with Gasteiger partial charge in [-0.1, -0.05) is 0 Å². The van der Waals surface area contributed by atoms with E-state index in [1.54, 1.807) is 0 Å². The molecule has 4 heteroatoms. The Morgan fingerprint density at radius 1 is 1.20 bits per heavy atom. The quantitative estimate of drug-likeness (QED) is 0.303. The summed E-state index contributed by atoms with van der Waals surface area (Å²) < 4.78 is 7.25. The van der Waals surface area contributed by atoms with E-state index in [1.165, 1.54) is 0 Å². The van der Waals surface area contributed by atoms with Gasteiger partial charge in [-0.05, 0) is 0 Å². The summed E-state index contributed by atoms with van der Waals surface area (Å²) in [6.45, 7) is 0. The number of hydrogen-bond donors (Lipinski definition) is 0. The van der Waals surface area contributed by atoms with Crippen molar-refractivity contribution in [2.75, 3.05) is 0 Å². The van der Waals surface area contributed by atoms with Crippen LogP contribution in [0.2, 0.25) is 0 Å². The fourth-order valence-corrected chi connectivity index (χ4v) is 0.321. The van der Waals surface area contributed by atoms with Crippen molar-refractivity contribution < 1.29 is 25.2 Å². The van der Waals surface area contributed by atoms with Gasteiger partial charge in [-0.3, -0.25) is 0 Å². The van der Waals surface area contributed by atoms with Gasteiger partial charge in [0.25, 0.3) is 0 Å². The van der Waals surface area contributed by atoms with Crippen molar-refractivity contribution in [1.29, 1.82) is 5.46 Å². The van der Waals surface area contributed by atoms with E-state index in [1.807, 2.05) is 30.3 Å². The minimum Gasteiger partial charge on any atom is -0.214 e. The van der Waals surface area contributed by atoms with Crippen molar-refractivity contribution in [2.45, 2.75) is 0 Å². The van der Waals surface area contributed by atoms with Crippen molar-refractivity contribution in [1.82, 2.24) is 0 Å². The smallest absolute Gasteiger partial charge is 0 e. The Morgan fingerprint density at radius 3 is 1.60 bits per heavy atom. The zero-order chi connectivity index (χ0) is 7.54. The van der Waals surface area contributed by atoms with Crippen LogP contribution in [0.5, 0.6) is 0 Å². The van der Waals surface area contributed by atoms with Gasteiger partial charge in [-0.25, -0.2) is 12.1 Å². The van der Waals surface area contributed by atoms with E-state index in [4.69, 9.17) is 10.2 Å². The van der Waals surface area contributed by atoms with Crippen molar-refractivity contribution >= 4 is 18.1 Å². The Hall–Kier alpha value is -0.228. The molecule has 10 heavy (non-hydrogen) atoms. The van der Waals surface area contributed by atoms with Crippen molar-refractivity contribution in [3.63, 3.8) is 0 Å². The Morgan fingerprint density at radius 2 is 1.50 bits per heavy atom. The van der Waals surface area contributed by atoms with Gasteiger partial charge >= 0.3 is 10.2 Å². The second-order valence-corrected chi connectivity index (χ2v) is 0.962. The number of hydrogen-bond acceptors (Lipinski definition) is 1. The molecule has 0 saturated heterocycles. The molecule has 0 bridgehead atoms. The molecule has 0 unspecified atom stereocenters. The molecule has 0 atom stereocenters. The molecule has 1 aromatic carbocycles. The molecular formula is C6H8NOReS+. The summed E-state index contributed by atoms with van der Waals surface area (Å²) in [5.41, 5.74) is 5.75. The molecule has 1 aromatic rings. The molecule has 0 aliphatic heterocycles. The van der Waals surface area contributed by atoms with Crippen LogP contribution in [0.4, 0.5) is 0 Å². The molecule has 1 radical (unpaired) electrons. The Balaban J connectivity index is -0.0000000875. The third kappa shape index (κ3) is 15.7. The zero-order valence-electron chi connectivity index (χ0n) is 5.27. The molecule has 55 valence electrons. The first kappa shape index (κ1) is 16.4. The molecule has 1 rings (SSSR count). The van der Waals surface area contributed by atoms with Gasteiger partial charge in [0, 0.05) is 20.4 Å². The summed E-state index contributed by atoms with van der Waals surface area (Å²) >= 11 is 3.28. The Labute approximate surface area is 79.2 Å². The van der Waals surface area contributed by atoms with E-state index in [-0.39, 0.29) is 20.4 Å². The topological polar surface area (TPSA) is 43.7 Å². The van der Waals surface area contributed by atoms with E-state index < -0.39 is 0 Å². The maximum Gasteiger partial charge on any atom is 0 e. The monoisotopic (exact) mass is 329 g/mol. The summed E-state index contributed by atoms with van der Waals surface area (Å²) in [7, 11) is 0. The molecule has 0 N–H and O–H groups in total. The Kier molecular flexibility index (Phi) is 38.2. The second kappa shape index (κ2) is 23.3. The maximum absolute atomic E-state index is 7.25. The molecular weight excluding hydrogens is 320 g/mol.